The van der Waals surface area contributed by atoms with Crippen LogP contribution in [0.4, 0.5) is 5.69 Å². The molecule has 1 saturated heterocycles. The van der Waals surface area contributed by atoms with Gasteiger partial charge in [0, 0.05) is 34.4 Å². The first-order chi connectivity index (χ1) is 15.1. The molecule has 1 aromatic carbocycles. The predicted octanol–water partition coefficient (Wildman–Crippen LogP) is 5.52. The number of halogens is 1. The number of nitrogens with one attached hydrogen (secondary N) is 1. The fourth-order valence-corrected chi connectivity index (χ4v) is 4.59. The maximum atomic E-state index is 5.81. The summed E-state index contributed by atoms with van der Waals surface area (Å²) in [6.45, 7) is 2.04. The molecular weight excluding hydrogens is 470 g/mol. The molecule has 0 bridgehead atoms. The van der Waals surface area contributed by atoms with E-state index in [9.17, 15) is 0 Å². The number of benzene rings is 1. The Morgan fingerprint density at radius 3 is 2.52 bits per heavy atom. The molecule has 3 aromatic heterocycles. The van der Waals surface area contributed by atoms with Crippen molar-refractivity contribution in [1.29, 1.82) is 0 Å². The van der Waals surface area contributed by atoms with Gasteiger partial charge in [0.2, 0.25) is 0 Å². The molecule has 2 atom stereocenters. The number of aryl methyl sites for hydroxylation is 1. The van der Waals surface area contributed by atoms with Crippen LogP contribution in [0.3, 0.4) is 0 Å². The van der Waals surface area contributed by atoms with E-state index in [1.807, 2.05) is 68.0 Å². The fourth-order valence-electron chi connectivity index (χ4n) is 3.98. The Morgan fingerprint density at radius 2 is 1.81 bits per heavy atom. The van der Waals surface area contributed by atoms with Crippen molar-refractivity contribution < 1.29 is 0 Å². The van der Waals surface area contributed by atoms with E-state index in [-0.39, 0.29) is 12.1 Å². The number of hydrogen-bond acceptors (Lipinski definition) is 3. The van der Waals surface area contributed by atoms with E-state index in [1.54, 1.807) is 0 Å². The van der Waals surface area contributed by atoms with Crippen molar-refractivity contribution in [1.82, 2.24) is 19.9 Å². The van der Waals surface area contributed by atoms with E-state index in [4.69, 9.17) is 12.2 Å². The van der Waals surface area contributed by atoms with E-state index >= 15 is 0 Å². The minimum atomic E-state index is -0.101. The summed E-state index contributed by atoms with van der Waals surface area (Å²) in [7, 11) is 0. The van der Waals surface area contributed by atoms with E-state index in [0.29, 0.717) is 5.11 Å². The maximum Gasteiger partial charge on any atom is 0.174 e. The van der Waals surface area contributed by atoms with Gasteiger partial charge in [-0.25, -0.2) is 4.98 Å². The van der Waals surface area contributed by atoms with Gasteiger partial charge >= 0.3 is 0 Å². The molecule has 31 heavy (non-hydrogen) atoms. The quantitative estimate of drug-likeness (QED) is 0.382. The van der Waals surface area contributed by atoms with Crippen LogP contribution < -0.4 is 10.2 Å². The molecule has 1 aliphatic heterocycles. The topological polar surface area (TPSA) is 46.0 Å². The van der Waals surface area contributed by atoms with Crippen molar-refractivity contribution in [3.05, 3.63) is 107 Å². The number of pyridine rings is 2. The fraction of sp³-hybridized carbons (Fsp3) is 0.125. The molecule has 4 heterocycles. The average molecular weight is 490 g/mol. The monoisotopic (exact) mass is 489 g/mol. The summed E-state index contributed by atoms with van der Waals surface area (Å²) in [5.41, 5.74) is 4.18. The molecule has 0 spiro atoms. The Hall–Kier alpha value is -3.03. The van der Waals surface area contributed by atoms with Gasteiger partial charge in [0.25, 0.3) is 0 Å². The second-order valence-electron chi connectivity index (χ2n) is 7.47. The van der Waals surface area contributed by atoms with E-state index in [1.165, 1.54) is 0 Å². The minimum absolute atomic E-state index is 0.0957. The van der Waals surface area contributed by atoms with Crippen molar-refractivity contribution in [2.45, 2.75) is 19.0 Å². The molecule has 0 aliphatic carbocycles. The van der Waals surface area contributed by atoms with Crippen LogP contribution in [0.15, 0.2) is 89.8 Å². The third kappa shape index (κ3) is 3.75. The van der Waals surface area contributed by atoms with Crippen LogP contribution in [-0.4, -0.2) is 19.6 Å². The first-order valence-corrected chi connectivity index (χ1v) is 11.2. The zero-order valence-corrected chi connectivity index (χ0v) is 19.2. The standard InChI is InChI=1S/C24H20BrN5S/c1-16-7-12-21(27-15-16)29-14-4-6-20(29)23-22(19-5-2-3-13-26-19)28-24(31)30(23)18-10-8-17(25)9-11-18/h2-15,22-23H,1H3,(H,28,31)/t22-,23+/m1/s1. The lowest BCUT2D eigenvalue weighted by atomic mass is 10.0. The van der Waals surface area contributed by atoms with Gasteiger partial charge < -0.3 is 14.8 Å². The SMILES string of the molecule is Cc1ccc(-n2cccc2[C@H]2[C@@H](c3ccccn3)NC(=S)N2c2ccc(Br)cc2)nc1. The molecule has 0 radical (unpaired) electrons. The number of anilines is 1. The van der Waals surface area contributed by atoms with Crippen LogP contribution >= 0.6 is 28.1 Å². The van der Waals surface area contributed by atoms with Crippen molar-refractivity contribution in [2.24, 2.45) is 0 Å². The second kappa shape index (κ2) is 8.24. The zero-order valence-electron chi connectivity index (χ0n) is 16.8. The Kier molecular flexibility index (Phi) is 5.29. The molecule has 1 fully saturated rings. The first kappa shape index (κ1) is 19.9. The molecule has 5 nitrogen and oxygen atoms in total. The van der Waals surface area contributed by atoms with Crippen molar-refractivity contribution >= 4 is 38.9 Å². The minimum Gasteiger partial charge on any atom is -0.351 e. The highest BCUT2D eigenvalue weighted by Crippen LogP contribution is 2.42. The van der Waals surface area contributed by atoms with E-state index < -0.39 is 0 Å². The van der Waals surface area contributed by atoms with Crippen LogP contribution in [0, 0.1) is 6.92 Å². The first-order valence-electron chi connectivity index (χ1n) is 9.98. The molecule has 5 rings (SSSR count). The smallest absolute Gasteiger partial charge is 0.174 e. The average Bonchev–Trinajstić information content (AvgIpc) is 3.40. The maximum absolute atomic E-state index is 5.81. The van der Waals surface area contributed by atoms with Crippen molar-refractivity contribution in [3.63, 3.8) is 0 Å². The van der Waals surface area contributed by atoms with Crippen LogP contribution in [0.5, 0.6) is 0 Å². The summed E-state index contributed by atoms with van der Waals surface area (Å²) < 4.78 is 3.15. The van der Waals surface area contributed by atoms with Gasteiger partial charge in [-0.2, -0.15) is 0 Å². The second-order valence-corrected chi connectivity index (χ2v) is 8.77. The highest BCUT2D eigenvalue weighted by atomic mass is 79.9. The van der Waals surface area contributed by atoms with Crippen LogP contribution in [0.1, 0.15) is 29.0 Å². The lowest BCUT2D eigenvalue weighted by molar-refractivity contribution is 0.548. The van der Waals surface area contributed by atoms with Gasteiger partial charge in [-0.3, -0.25) is 4.98 Å². The Labute approximate surface area is 194 Å². The number of hydrogen-bond donors (Lipinski definition) is 1. The van der Waals surface area contributed by atoms with Gasteiger partial charge in [-0.15, -0.1) is 0 Å². The molecule has 1 aliphatic rings. The van der Waals surface area contributed by atoms with Gasteiger partial charge in [-0.05, 0) is 79.3 Å². The summed E-state index contributed by atoms with van der Waals surface area (Å²) in [4.78, 5) is 11.4. The molecule has 0 saturated carbocycles. The summed E-state index contributed by atoms with van der Waals surface area (Å²) in [6, 6.07) is 22.3. The number of nitrogens with zero attached hydrogens (tertiary/aromatic N) is 4. The predicted molar refractivity (Wildman–Crippen MR) is 130 cm³/mol. The van der Waals surface area contributed by atoms with E-state index in [0.717, 1.165) is 32.9 Å². The van der Waals surface area contributed by atoms with Crippen LogP contribution in [0.2, 0.25) is 0 Å². The summed E-state index contributed by atoms with van der Waals surface area (Å²) in [5.74, 6) is 0.874. The third-order valence-electron chi connectivity index (χ3n) is 5.43. The van der Waals surface area contributed by atoms with Gasteiger partial charge in [0.1, 0.15) is 11.9 Å². The van der Waals surface area contributed by atoms with E-state index in [2.05, 4.69) is 64.9 Å². The Morgan fingerprint density at radius 1 is 0.968 bits per heavy atom. The summed E-state index contributed by atoms with van der Waals surface area (Å²) >= 11 is 9.34. The summed E-state index contributed by atoms with van der Waals surface area (Å²) in [5, 5.41) is 4.18. The molecule has 154 valence electrons. The van der Waals surface area contributed by atoms with Gasteiger partial charge in [-0.1, -0.05) is 28.1 Å². The van der Waals surface area contributed by atoms with Crippen LogP contribution in [0.25, 0.3) is 5.82 Å². The molecule has 4 aromatic rings. The van der Waals surface area contributed by atoms with Crippen molar-refractivity contribution in [3.8, 4) is 5.82 Å². The molecule has 0 amide bonds. The number of rotatable bonds is 4. The molecule has 7 heteroatoms. The van der Waals surface area contributed by atoms with Gasteiger partial charge in [0.15, 0.2) is 5.11 Å². The normalized spacial score (nSPS) is 18.3. The van der Waals surface area contributed by atoms with Crippen molar-refractivity contribution in [2.75, 3.05) is 4.90 Å². The third-order valence-corrected chi connectivity index (χ3v) is 6.27. The largest absolute Gasteiger partial charge is 0.351 e. The zero-order chi connectivity index (χ0) is 21.4. The lowest BCUT2D eigenvalue weighted by Crippen LogP contribution is -2.30. The highest BCUT2D eigenvalue weighted by molar-refractivity contribution is 9.10. The molecule has 1 N–H and O–H groups in total. The Balaban J connectivity index is 1.66. The van der Waals surface area contributed by atoms with Gasteiger partial charge in [0.05, 0.1) is 11.7 Å². The lowest BCUT2D eigenvalue weighted by Gasteiger charge is -2.28. The Bertz CT molecular complexity index is 1200. The molecule has 0 unspecified atom stereocenters. The summed E-state index contributed by atoms with van der Waals surface area (Å²) in [6.07, 6.45) is 5.75. The number of aromatic nitrogens is 3. The number of thiocarbonyl (C=S) groups is 1. The molecular formula is C24H20BrN5S. The van der Waals surface area contributed by atoms with Crippen LogP contribution in [-0.2, 0) is 0 Å². The highest BCUT2D eigenvalue weighted by Gasteiger charge is 2.42.